The molecule has 0 aliphatic heterocycles. The van der Waals surface area contributed by atoms with Crippen LogP contribution in [0.15, 0.2) is 42.5 Å². The van der Waals surface area contributed by atoms with E-state index in [9.17, 15) is 20.2 Å². The number of nitro benzene ring substituents is 2. The molecule has 0 unspecified atom stereocenters. The van der Waals surface area contributed by atoms with E-state index in [1.54, 1.807) is 6.07 Å². The molecule has 0 saturated heterocycles. The molecular formula is C15H14N2O7. The lowest BCUT2D eigenvalue weighted by Gasteiger charge is -2.11. The highest BCUT2D eigenvalue weighted by atomic mass is 16.6. The lowest BCUT2D eigenvalue weighted by Crippen LogP contribution is -2.09. The number of hydrogen-bond donors (Lipinski definition) is 0. The largest absolute Gasteiger partial charge is 0.493 e. The summed E-state index contributed by atoms with van der Waals surface area (Å²) in [6.45, 7) is 0.276. The molecule has 0 heterocycles. The summed E-state index contributed by atoms with van der Waals surface area (Å²) < 4.78 is 15.9. The first-order valence-electron chi connectivity index (χ1n) is 6.83. The maximum Gasteiger partial charge on any atom is 0.273 e. The molecule has 0 radical (unpaired) electrons. The Kier molecular flexibility index (Phi) is 5.50. The Morgan fingerprint density at radius 3 is 2.21 bits per heavy atom. The van der Waals surface area contributed by atoms with Crippen molar-refractivity contribution in [3.63, 3.8) is 0 Å². The number of nitro groups is 2. The molecule has 24 heavy (non-hydrogen) atoms. The molecule has 2 aromatic carbocycles. The van der Waals surface area contributed by atoms with Gasteiger partial charge in [0.25, 0.3) is 11.4 Å². The molecule has 0 bridgehead atoms. The molecule has 0 N–H and O–H groups in total. The van der Waals surface area contributed by atoms with Crippen LogP contribution in [-0.2, 0) is 0 Å². The third-order valence-electron chi connectivity index (χ3n) is 3.00. The molecule has 2 rings (SSSR count). The van der Waals surface area contributed by atoms with Gasteiger partial charge in [-0.1, -0.05) is 6.07 Å². The smallest absolute Gasteiger partial charge is 0.273 e. The van der Waals surface area contributed by atoms with Crippen molar-refractivity contribution in [2.75, 3.05) is 20.3 Å². The highest BCUT2D eigenvalue weighted by molar-refractivity contribution is 5.48. The summed E-state index contributed by atoms with van der Waals surface area (Å²) in [7, 11) is 1.38. The highest BCUT2D eigenvalue weighted by Crippen LogP contribution is 2.31. The van der Waals surface area contributed by atoms with E-state index in [1.807, 2.05) is 0 Å². The van der Waals surface area contributed by atoms with E-state index in [-0.39, 0.29) is 30.3 Å². The first-order chi connectivity index (χ1) is 11.5. The summed E-state index contributed by atoms with van der Waals surface area (Å²) in [4.78, 5) is 20.4. The normalized spacial score (nSPS) is 10.0. The molecule has 126 valence electrons. The number of non-ortho nitro benzene ring substituents is 2. The van der Waals surface area contributed by atoms with Crippen LogP contribution in [0.2, 0.25) is 0 Å². The van der Waals surface area contributed by atoms with Crippen LogP contribution in [0, 0.1) is 20.2 Å². The first kappa shape index (κ1) is 17.0. The maximum atomic E-state index is 10.7. The van der Waals surface area contributed by atoms with Crippen molar-refractivity contribution in [3.05, 3.63) is 62.7 Å². The zero-order valence-electron chi connectivity index (χ0n) is 12.7. The second-order valence-electron chi connectivity index (χ2n) is 4.54. The predicted octanol–water partition coefficient (Wildman–Crippen LogP) is 2.97. The van der Waals surface area contributed by atoms with Crippen LogP contribution in [0.25, 0.3) is 0 Å². The van der Waals surface area contributed by atoms with E-state index in [4.69, 9.17) is 14.2 Å². The molecule has 9 nitrogen and oxygen atoms in total. The summed E-state index contributed by atoms with van der Waals surface area (Å²) in [5.74, 6) is 0.925. The van der Waals surface area contributed by atoms with E-state index in [0.29, 0.717) is 11.5 Å². The van der Waals surface area contributed by atoms with Gasteiger partial charge in [0.05, 0.1) is 29.1 Å². The molecule has 9 heteroatoms. The van der Waals surface area contributed by atoms with Crippen LogP contribution in [0.5, 0.6) is 17.2 Å². The van der Waals surface area contributed by atoms with Gasteiger partial charge in [-0.2, -0.15) is 0 Å². The average Bonchev–Trinajstić information content (AvgIpc) is 2.58. The molecule has 0 aliphatic carbocycles. The van der Waals surface area contributed by atoms with Crippen molar-refractivity contribution in [2.45, 2.75) is 0 Å². The summed E-state index contributed by atoms with van der Waals surface area (Å²) >= 11 is 0. The fourth-order valence-corrected chi connectivity index (χ4v) is 1.89. The van der Waals surface area contributed by atoms with Gasteiger partial charge < -0.3 is 14.2 Å². The summed E-state index contributed by atoms with van der Waals surface area (Å²) in [5.41, 5.74) is -0.169. The van der Waals surface area contributed by atoms with E-state index in [0.717, 1.165) is 0 Å². The van der Waals surface area contributed by atoms with E-state index in [2.05, 4.69) is 0 Å². The van der Waals surface area contributed by atoms with Crippen molar-refractivity contribution in [3.8, 4) is 17.2 Å². The Morgan fingerprint density at radius 1 is 0.875 bits per heavy atom. The molecule has 0 aliphatic rings. The molecule has 2 aromatic rings. The first-order valence-corrected chi connectivity index (χ1v) is 6.83. The Labute approximate surface area is 136 Å². The van der Waals surface area contributed by atoms with Gasteiger partial charge in [-0.15, -0.1) is 0 Å². The number of ether oxygens (including phenoxy) is 3. The van der Waals surface area contributed by atoms with Crippen LogP contribution >= 0.6 is 0 Å². The molecule has 0 fully saturated rings. The van der Waals surface area contributed by atoms with Gasteiger partial charge in [0.2, 0.25) is 0 Å². The van der Waals surface area contributed by atoms with Crippen LogP contribution in [0.3, 0.4) is 0 Å². The Balaban J connectivity index is 1.91. The fourth-order valence-electron chi connectivity index (χ4n) is 1.89. The minimum atomic E-state index is -0.530. The Morgan fingerprint density at radius 2 is 1.54 bits per heavy atom. The molecule has 0 saturated carbocycles. The number of rotatable bonds is 8. The van der Waals surface area contributed by atoms with Crippen molar-refractivity contribution in [1.82, 2.24) is 0 Å². The van der Waals surface area contributed by atoms with Crippen LogP contribution < -0.4 is 14.2 Å². The summed E-state index contributed by atoms with van der Waals surface area (Å²) in [6.07, 6.45) is 0. The van der Waals surface area contributed by atoms with E-state index >= 15 is 0 Å². The molecule has 0 aromatic heterocycles. The zero-order valence-corrected chi connectivity index (χ0v) is 12.7. The number of hydrogen-bond acceptors (Lipinski definition) is 7. The zero-order chi connectivity index (χ0) is 17.5. The van der Waals surface area contributed by atoms with Crippen LogP contribution in [0.1, 0.15) is 0 Å². The maximum absolute atomic E-state index is 10.7. The monoisotopic (exact) mass is 334 g/mol. The van der Waals surface area contributed by atoms with Crippen molar-refractivity contribution in [2.24, 2.45) is 0 Å². The van der Waals surface area contributed by atoms with E-state index in [1.165, 1.54) is 43.5 Å². The quantitative estimate of drug-likeness (QED) is 0.414. The molecule has 0 atom stereocenters. The third-order valence-corrected chi connectivity index (χ3v) is 3.00. The van der Waals surface area contributed by atoms with Gasteiger partial charge in [0.1, 0.15) is 19.0 Å². The summed E-state index contributed by atoms with van der Waals surface area (Å²) in [6, 6.07) is 9.80. The number of nitrogens with zero attached hydrogens (tertiary/aromatic N) is 2. The van der Waals surface area contributed by atoms with Gasteiger partial charge in [-0.05, 0) is 12.1 Å². The predicted molar refractivity (Wildman–Crippen MR) is 83.7 cm³/mol. The SMILES string of the molecule is COc1cc([N+](=O)[O-])ccc1OCCOc1cccc([N+](=O)[O-])c1. The standard InChI is InChI=1S/C15H14N2O7/c1-22-15-10-12(17(20)21)5-6-14(15)24-8-7-23-13-4-2-3-11(9-13)16(18)19/h2-6,9-10H,7-8H2,1H3. The molecule has 0 spiro atoms. The lowest BCUT2D eigenvalue weighted by atomic mass is 10.3. The second kappa shape index (κ2) is 7.77. The van der Waals surface area contributed by atoms with Crippen molar-refractivity contribution >= 4 is 11.4 Å². The second-order valence-corrected chi connectivity index (χ2v) is 4.54. The minimum absolute atomic E-state index is 0.0644. The molecule has 0 amide bonds. The third kappa shape index (κ3) is 4.32. The molecular weight excluding hydrogens is 320 g/mol. The van der Waals surface area contributed by atoms with Gasteiger partial charge in [-0.3, -0.25) is 20.2 Å². The van der Waals surface area contributed by atoms with E-state index < -0.39 is 9.85 Å². The topological polar surface area (TPSA) is 114 Å². The fraction of sp³-hybridized carbons (Fsp3) is 0.200. The lowest BCUT2D eigenvalue weighted by molar-refractivity contribution is -0.385. The highest BCUT2D eigenvalue weighted by Gasteiger charge is 2.12. The van der Waals surface area contributed by atoms with Gasteiger partial charge >= 0.3 is 0 Å². The van der Waals surface area contributed by atoms with Crippen LogP contribution in [0.4, 0.5) is 11.4 Å². The Bertz CT molecular complexity index is 748. The Hall–Kier alpha value is -3.36. The summed E-state index contributed by atoms with van der Waals surface area (Å²) in [5, 5.41) is 21.4. The average molecular weight is 334 g/mol. The minimum Gasteiger partial charge on any atom is -0.493 e. The van der Waals surface area contributed by atoms with Crippen molar-refractivity contribution in [1.29, 1.82) is 0 Å². The van der Waals surface area contributed by atoms with Crippen molar-refractivity contribution < 1.29 is 24.1 Å². The number of methoxy groups -OCH3 is 1. The van der Waals surface area contributed by atoms with Gasteiger partial charge in [0.15, 0.2) is 11.5 Å². The van der Waals surface area contributed by atoms with Gasteiger partial charge in [-0.25, -0.2) is 0 Å². The number of benzene rings is 2. The van der Waals surface area contributed by atoms with Crippen LogP contribution in [-0.4, -0.2) is 30.2 Å². The van der Waals surface area contributed by atoms with Gasteiger partial charge in [0, 0.05) is 12.1 Å².